The van der Waals surface area contributed by atoms with E-state index in [-0.39, 0.29) is 11.6 Å². The predicted molar refractivity (Wildman–Crippen MR) is 83.0 cm³/mol. The van der Waals surface area contributed by atoms with Gasteiger partial charge in [0.05, 0.1) is 18.7 Å². The second-order valence-corrected chi connectivity index (χ2v) is 5.48. The third-order valence-corrected chi connectivity index (χ3v) is 3.62. The van der Waals surface area contributed by atoms with Crippen molar-refractivity contribution in [2.45, 2.75) is 13.0 Å². The third-order valence-electron chi connectivity index (χ3n) is 3.13. The van der Waals surface area contributed by atoms with Crippen LogP contribution in [-0.4, -0.2) is 13.0 Å². The van der Waals surface area contributed by atoms with Gasteiger partial charge in [-0.25, -0.2) is 4.39 Å². The normalized spacial score (nSPS) is 11.8. The summed E-state index contributed by atoms with van der Waals surface area (Å²) in [6.45, 7) is 1.83. The molecule has 3 nitrogen and oxygen atoms in total. The molecular formula is C16H15BrFNO2. The van der Waals surface area contributed by atoms with Gasteiger partial charge in [0.1, 0.15) is 11.6 Å². The molecule has 0 saturated carbocycles. The predicted octanol–water partition coefficient (Wildman–Crippen LogP) is 4.09. The Kier molecular flexibility index (Phi) is 4.96. The van der Waals surface area contributed by atoms with Crippen molar-refractivity contribution < 1.29 is 13.9 Å². The second kappa shape index (κ2) is 6.72. The van der Waals surface area contributed by atoms with Gasteiger partial charge in [-0.2, -0.15) is 0 Å². The number of rotatable bonds is 4. The highest BCUT2D eigenvalue weighted by molar-refractivity contribution is 9.10. The van der Waals surface area contributed by atoms with Gasteiger partial charge in [0, 0.05) is 10.0 Å². The summed E-state index contributed by atoms with van der Waals surface area (Å²) in [6, 6.07) is 11.4. The molecule has 1 amide bonds. The van der Waals surface area contributed by atoms with Crippen molar-refractivity contribution in [1.82, 2.24) is 5.32 Å². The lowest BCUT2D eigenvalue weighted by molar-refractivity contribution is 0.0935. The maximum absolute atomic E-state index is 13.8. The molecule has 0 spiro atoms. The molecule has 0 heterocycles. The van der Waals surface area contributed by atoms with Crippen LogP contribution in [0.15, 0.2) is 46.9 Å². The van der Waals surface area contributed by atoms with Gasteiger partial charge in [0.2, 0.25) is 0 Å². The van der Waals surface area contributed by atoms with E-state index in [0.29, 0.717) is 10.2 Å². The van der Waals surface area contributed by atoms with E-state index >= 15 is 0 Å². The quantitative estimate of drug-likeness (QED) is 0.900. The maximum atomic E-state index is 13.8. The summed E-state index contributed by atoms with van der Waals surface area (Å²) in [5.41, 5.74) is 0.853. The Morgan fingerprint density at radius 3 is 2.67 bits per heavy atom. The Labute approximate surface area is 131 Å². The molecule has 0 aromatic heterocycles. The molecule has 0 bridgehead atoms. The minimum Gasteiger partial charge on any atom is -0.496 e. The highest BCUT2D eigenvalue weighted by Gasteiger charge is 2.17. The van der Waals surface area contributed by atoms with E-state index in [4.69, 9.17) is 4.74 Å². The minimum absolute atomic E-state index is 0.0138. The summed E-state index contributed by atoms with van der Waals surface area (Å²) in [5.74, 6) is -0.339. The summed E-state index contributed by atoms with van der Waals surface area (Å²) in [5, 5.41) is 2.77. The molecule has 0 aliphatic rings. The summed E-state index contributed by atoms with van der Waals surface area (Å²) in [7, 11) is 1.57. The molecule has 2 aromatic carbocycles. The van der Waals surface area contributed by atoms with Crippen LogP contribution in [0.2, 0.25) is 0 Å². The van der Waals surface area contributed by atoms with Crippen LogP contribution in [-0.2, 0) is 0 Å². The number of benzene rings is 2. The van der Waals surface area contributed by atoms with Crippen molar-refractivity contribution in [3.8, 4) is 5.75 Å². The zero-order valence-corrected chi connectivity index (χ0v) is 13.3. The Balaban J connectivity index is 2.19. The Morgan fingerprint density at radius 1 is 1.29 bits per heavy atom. The van der Waals surface area contributed by atoms with E-state index in [1.165, 1.54) is 12.1 Å². The molecule has 0 aliphatic carbocycles. The standard InChI is InChI=1S/C16H15BrFNO2/c1-10(12-5-3-4-6-15(12)21-2)19-16(20)13-8-7-11(17)9-14(13)18/h3-10H,1-2H3,(H,19,20). The molecule has 5 heteroatoms. The first kappa shape index (κ1) is 15.5. The van der Waals surface area contributed by atoms with Crippen LogP contribution in [0, 0.1) is 5.82 Å². The highest BCUT2D eigenvalue weighted by Crippen LogP contribution is 2.25. The van der Waals surface area contributed by atoms with Crippen molar-refractivity contribution in [3.63, 3.8) is 0 Å². The van der Waals surface area contributed by atoms with Crippen molar-refractivity contribution in [2.24, 2.45) is 0 Å². The highest BCUT2D eigenvalue weighted by atomic mass is 79.9. The van der Waals surface area contributed by atoms with Gasteiger partial charge in [-0.05, 0) is 31.2 Å². The first-order chi connectivity index (χ1) is 10.0. The Hall–Kier alpha value is -1.88. The molecule has 0 fully saturated rings. The number of hydrogen-bond acceptors (Lipinski definition) is 2. The number of carbonyl (C=O) groups excluding carboxylic acids is 1. The van der Waals surface area contributed by atoms with E-state index in [2.05, 4.69) is 21.2 Å². The average Bonchev–Trinajstić information content (AvgIpc) is 2.46. The fourth-order valence-corrected chi connectivity index (χ4v) is 2.38. The number of ether oxygens (including phenoxy) is 1. The molecule has 0 aliphatic heterocycles. The SMILES string of the molecule is COc1ccccc1C(C)NC(=O)c1ccc(Br)cc1F. The molecule has 1 N–H and O–H groups in total. The van der Waals surface area contributed by atoms with Crippen molar-refractivity contribution in [1.29, 1.82) is 0 Å². The maximum Gasteiger partial charge on any atom is 0.254 e. The van der Waals surface area contributed by atoms with Gasteiger partial charge in [0.25, 0.3) is 5.91 Å². The number of para-hydroxylation sites is 1. The topological polar surface area (TPSA) is 38.3 Å². The number of halogens is 2. The van der Waals surface area contributed by atoms with Gasteiger partial charge in [-0.3, -0.25) is 4.79 Å². The van der Waals surface area contributed by atoms with Crippen LogP contribution < -0.4 is 10.1 Å². The number of carbonyl (C=O) groups is 1. The van der Waals surface area contributed by atoms with E-state index in [1.54, 1.807) is 13.2 Å². The van der Waals surface area contributed by atoms with Crippen molar-refractivity contribution >= 4 is 21.8 Å². The molecule has 2 rings (SSSR count). The van der Waals surface area contributed by atoms with Crippen LogP contribution in [0.5, 0.6) is 5.75 Å². The molecule has 1 unspecified atom stereocenters. The van der Waals surface area contributed by atoms with E-state index in [0.717, 1.165) is 5.56 Å². The molecule has 0 saturated heterocycles. The molecule has 0 radical (unpaired) electrons. The van der Waals surface area contributed by atoms with Crippen LogP contribution in [0.4, 0.5) is 4.39 Å². The lowest BCUT2D eigenvalue weighted by Gasteiger charge is -2.17. The molecule has 21 heavy (non-hydrogen) atoms. The van der Waals surface area contributed by atoms with E-state index in [9.17, 15) is 9.18 Å². The molecule has 1 atom stereocenters. The third kappa shape index (κ3) is 3.61. The Bertz CT molecular complexity index is 660. The van der Waals surface area contributed by atoms with Gasteiger partial charge in [0.15, 0.2) is 0 Å². The average molecular weight is 352 g/mol. The monoisotopic (exact) mass is 351 g/mol. The largest absolute Gasteiger partial charge is 0.496 e. The summed E-state index contributed by atoms with van der Waals surface area (Å²) in [4.78, 5) is 12.2. The lowest BCUT2D eigenvalue weighted by atomic mass is 10.1. The number of methoxy groups -OCH3 is 1. The molecule has 2 aromatic rings. The fourth-order valence-electron chi connectivity index (χ4n) is 2.05. The van der Waals surface area contributed by atoms with E-state index in [1.807, 2.05) is 31.2 Å². The van der Waals surface area contributed by atoms with Gasteiger partial charge < -0.3 is 10.1 Å². The van der Waals surface area contributed by atoms with Gasteiger partial charge in [-0.15, -0.1) is 0 Å². The summed E-state index contributed by atoms with van der Waals surface area (Å²) < 4.78 is 19.6. The first-order valence-corrected chi connectivity index (χ1v) is 7.21. The minimum atomic E-state index is -0.561. The van der Waals surface area contributed by atoms with Gasteiger partial charge >= 0.3 is 0 Å². The van der Waals surface area contributed by atoms with Crippen LogP contribution >= 0.6 is 15.9 Å². The number of hydrogen-bond donors (Lipinski definition) is 1. The molecular weight excluding hydrogens is 337 g/mol. The van der Waals surface area contributed by atoms with Crippen LogP contribution in [0.1, 0.15) is 28.9 Å². The van der Waals surface area contributed by atoms with Crippen LogP contribution in [0.3, 0.4) is 0 Å². The summed E-state index contributed by atoms with van der Waals surface area (Å²) >= 11 is 3.16. The summed E-state index contributed by atoms with van der Waals surface area (Å²) in [6.07, 6.45) is 0. The molecule has 110 valence electrons. The van der Waals surface area contributed by atoms with Crippen molar-refractivity contribution in [3.05, 3.63) is 63.9 Å². The fraction of sp³-hybridized carbons (Fsp3) is 0.188. The van der Waals surface area contributed by atoms with Gasteiger partial charge in [-0.1, -0.05) is 34.1 Å². The zero-order chi connectivity index (χ0) is 15.4. The number of nitrogens with one attached hydrogen (secondary N) is 1. The Morgan fingerprint density at radius 2 is 2.00 bits per heavy atom. The smallest absolute Gasteiger partial charge is 0.254 e. The zero-order valence-electron chi connectivity index (χ0n) is 11.7. The second-order valence-electron chi connectivity index (χ2n) is 4.56. The first-order valence-electron chi connectivity index (χ1n) is 6.41. The lowest BCUT2D eigenvalue weighted by Crippen LogP contribution is -2.27. The van der Waals surface area contributed by atoms with Crippen LogP contribution in [0.25, 0.3) is 0 Å². The van der Waals surface area contributed by atoms with E-state index < -0.39 is 11.7 Å². The van der Waals surface area contributed by atoms with Crippen molar-refractivity contribution in [2.75, 3.05) is 7.11 Å². The number of amides is 1.